The van der Waals surface area contributed by atoms with Gasteiger partial charge in [-0.2, -0.15) is 0 Å². The summed E-state index contributed by atoms with van der Waals surface area (Å²) in [6.45, 7) is 2.14. The number of rotatable bonds is 7. The molecule has 0 saturated heterocycles. The number of benzene rings is 3. The maximum Gasteiger partial charge on any atom is 0.265 e. The Hall–Kier alpha value is -3.80. The van der Waals surface area contributed by atoms with Crippen LogP contribution >= 0.6 is 0 Å². The van der Waals surface area contributed by atoms with Gasteiger partial charge >= 0.3 is 0 Å². The van der Waals surface area contributed by atoms with Crippen molar-refractivity contribution in [1.29, 1.82) is 0 Å². The Bertz CT molecular complexity index is 1400. The molecule has 5 nitrogen and oxygen atoms in total. The molecule has 6 heteroatoms. The summed E-state index contributed by atoms with van der Waals surface area (Å²) in [6.07, 6.45) is 4.25. The fraction of sp³-hybridized carbons (Fsp3) is 0.250. The lowest BCUT2D eigenvalue weighted by molar-refractivity contribution is 0.0857. The van der Waals surface area contributed by atoms with Gasteiger partial charge < -0.3 is 4.84 Å². The number of oxime groups is 1. The standard InChI is InChI=1S/C28H26FN3O2/c1-2-3-5-10-27-30-25-17-20(24-18-26(34-31-24)19-8-6-4-7-9-19)11-16-23(25)28(33)32(27)22-14-12-21(29)13-15-22/h4,6-9,11-17,26H,2-3,5,10,18H2,1H3. The predicted molar refractivity (Wildman–Crippen MR) is 132 cm³/mol. The first-order chi connectivity index (χ1) is 16.6. The molecule has 0 bridgehead atoms. The van der Waals surface area contributed by atoms with Crippen LogP contribution in [0.2, 0.25) is 0 Å². The molecule has 0 spiro atoms. The van der Waals surface area contributed by atoms with Crippen LogP contribution in [0.1, 0.15) is 55.7 Å². The van der Waals surface area contributed by atoms with Crippen LogP contribution in [0, 0.1) is 5.82 Å². The summed E-state index contributed by atoms with van der Waals surface area (Å²) in [5.41, 5.74) is 3.93. The number of hydrogen-bond donors (Lipinski definition) is 0. The second-order valence-corrected chi connectivity index (χ2v) is 8.58. The van der Waals surface area contributed by atoms with Crippen molar-refractivity contribution in [2.24, 2.45) is 5.16 Å². The van der Waals surface area contributed by atoms with Crippen molar-refractivity contribution >= 4 is 16.6 Å². The topological polar surface area (TPSA) is 56.5 Å². The minimum Gasteiger partial charge on any atom is -0.387 e. The molecule has 0 radical (unpaired) electrons. The van der Waals surface area contributed by atoms with Crippen molar-refractivity contribution in [3.05, 3.63) is 106 Å². The van der Waals surface area contributed by atoms with E-state index in [-0.39, 0.29) is 17.5 Å². The number of unbranched alkanes of at least 4 members (excludes halogenated alkanes) is 2. The molecule has 172 valence electrons. The van der Waals surface area contributed by atoms with Crippen LogP contribution in [0.5, 0.6) is 0 Å². The average Bonchev–Trinajstić information content (AvgIpc) is 3.36. The maximum atomic E-state index is 13.5. The van der Waals surface area contributed by atoms with Gasteiger partial charge in [-0.15, -0.1) is 0 Å². The molecule has 2 heterocycles. The van der Waals surface area contributed by atoms with E-state index in [2.05, 4.69) is 12.1 Å². The zero-order valence-electron chi connectivity index (χ0n) is 19.1. The molecular formula is C28H26FN3O2. The van der Waals surface area contributed by atoms with Crippen molar-refractivity contribution in [2.45, 2.75) is 45.1 Å². The molecule has 1 aliphatic rings. The van der Waals surface area contributed by atoms with E-state index in [9.17, 15) is 9.18 Å². The molecule has 3 aromatic carbocycles. The van der Waals surface area contributed by atoms with E-state index in [1.807, 2.05) is 42.5 Å². The van der Waals surface area contributed by atoms with Crippen LogP contribution in [0.25, 0.3) is 16.6 Å². The van der Waals surface area contributed by atoms with Gasteiger partial charge in [0.1, 0.15) is 11.6 Å². The first-order valence-electron chi connectivity index (χ1n) is 11.7. The maximum absolute atomic E-state index is 13.5. The third-order valence-corrected chi connectivity index (χ3v) is 6.20. The SMILES string of the molecule is CCCCCc1nc2cc(C3=NOC(c4ccccc4)C3)ccc2c(=O)n1-c1ccc(F)cc1. The molecular weight excluding hydrogens is 429 g/mol. The summed E-state index contributed by atoms with van der Waals surface area (Å²) in [7, 11) is 0. The largest absolute Gasteiger partial charge is 0.387 e. The third kappa shape index (κ3) is 4.36. The summed E-state index contributed by atoms with van der Waals surface area (Å²) < 4.78 is 15.1. The molecule has 0 fully saturated rings. The second kappa shape index (κ2) is 9.59. The molecule has 0 aliphatic carbocycles. The molecule has 34 heavy (non-hydrogen) atoms. The van der Waals surface area contributed by atoms with Gasteiger partial charge in [-0.3, -0.25) is 9.36 Å². The van der Waals surface area contributed by atoms with Gasteiger partial charge in [0.15, 0.2) is 6.10 Å². The van der Waals surface area contributed by atoms with E-state index in [4.69, 9.17) is 9.82 Å². The van der Waals surface area contributed by atoms with E-state index < -0.39 is 0 Å². The number of nitrogens with zero attached hydrogens (tertiary/aromatic N) is 3. The highest BCUT2D eigenvalue weighted by molar-refractivity contribution is 6.03. The van der Waals surface area contributed by atoms with Crippen molar-refractivity contribution in [3.63, 3.8) is 0 Å². The molecule has 1 unspecified atom stereocenters. The lowest BCUT2D eigenvalue weighted by Crippen LogP contribution is -2.24. The van der Waals surface area contributed by atoms with Crippen LogP contribution in [0.3, 0.4) is 0 Å². The summed E-state index contributed by atoms with van der Waals surface area (Å²) in [4.78, 5) is 24.1. The molecule has 1 aliphatic heterocycles. The van der Waals surface area contributed by atoms with Crippen molar-refractivity contribution in [1.82, 2.24) is 9.55 Å². The molecule has 0 amide bonds. The van der Waals surface area contributed by atoms with Crippen LogP contribution in [0.4, 0.5) is 4.39 Å². The van der Waals surface area contributed by atoms with Gasteiger partial charge in [0.2, 0.25) is 0 Å². The summed E-state index contributed by atoms with van der Waals surface area (Å²) in [5.74, 6) is 0.345. The first-order valence-corrected chi connectivity index (χ1v) is 11.7. The van der Waals surface area contributed by atoms with Gasteiger partial charge in [-0.1, -0.05) is 61.3 Å². The second-order valence-electron chi connectivity index (χ2n) is 8.58. The molecule has 1 aromatic heterocycles. The van der Waals surface area contributed by atoms with Gasteiger partial charge in [0.05, 0.1) is 22.3 Å². The normalized spacial score (nSPS) is 15.4. The van der Waals surface area contributed by atoms with Gasteiger partial charge in [0.25, 0.3) is 5.56 Å². The fourth-order valence-electron chi connectivity index (χ4n) is 4.36. The average molecular weight is 456 g/mol. The van der Waals surface area contributed by atoms with Crippen LogP contribution in [0.15, 0.2) is 82.7 Å². The number of aryl methyl sites for hydroxylation is 1. The van der Waals surface area contributed by atoms with Crippen molar-refractivity contribution in [3.8, 4) is 5.69 Å². The molecule has 5 rings (SSSR count). The van der Waals surface area contributed by atoms with Crippen LogP contribution in [-0.4, -0.2) is 15.3 Å². The Morgan fingerprint density at radius 1 is 1.03 bits per heavy atom. The van der Waals surface area contributed by atoms with E-state index in [0.29, 0.717) is 35.3 Å². The van der Waals surface area contributed by atoms with Gasteiger partial charge in [-0.25, -0.2) is 9.37 Å². The zero-order valence-corrected chi connectivity index (χ0v) is 19.1. The molecule has 4 aromatic rings. The summed E-state index contributed by atoms with van der Waals surface area (Å²) in [5, 5.41) is 4.84. The van der Waals surface area contributed by atoms with E-state index in [1.54, 1.807) is 22.8 Å². The smallest absolute Gasteiger partial charge is 0.265 e. The summed E-state index contributed by atoms with van der Waals surface area (Å²) >= 11 is 0. The van der Waals surface area contributed by atoms with Crippen molar-refractivity contribution in [2.75, 3.05) is 0 Å². The number of halogens is 1. The van der Waals surface area contributed by atoms with Crippen molar-refractivity contribution < 1.29 is 9.23 Å². The number of fused-ring (bicyclic) bond motifs is 1. The molecule has 0 N–H and O–H groups in total. The Kier molecular flexibility index (Phi) is 6.21. The monoisotopic (exact) mass is 455 g/mol. The Morgan fingerprint density at radius 3 is 2.59 bits per heavy atom. The Balaban J connectivity index is 1.53. The molecule has 1 atom stereocenters. The number of aromatic nitrogens is 2. The van der Waals surface area contributed by atoms with Gasteiger partial charge in [-0.05, 0) is 48.4 Å². The van der Waals surface area contributed by atoms with Crippen LogP contribution < -0.4 is 5.56 Å². The summed E-state index contributed by atoms with van der Waals surface area (Å²) in [6, 6.07) is 21.6. The predicted octanol–water partition coefficient (Wildman–Crippen LogP) is 6.12. The van der Waals surface area contributed by atoms with E-state index >= 15 is 0 Å². The van der Waals surface area contributed by atoms with Crippen LogP contribution in [-0.2, 0) is 11.3 Å². The highest BCUT2D eigenvalue weighted by Crippen LogP contribution is 2.30. The highest BCUT2D eigenvalue weighted by atomic mass is 19.1. The lowest BCUT2D eigenvalue weighted by Gasteiger charge is -2.14. The Morgan fingerprint density at radius 2 is 1.82 bits per heavy atom. The minimum atomic E-state index is -0.337. The zero-order chi connectivity index (χ0) is 23.5. The fourth-order valence-corrected chi connectivity index (χ4v) is 4.36. The quantitative estimate of drug-likeness (QED) is 0.315. The lowest BCUT2D eigenvalue weighted by atomic mass is 9.99. The minimum absolute atomic E-state index is 0.115. The third-order valence-electron chi connectivity index (χ3n) is 6.20. The van der Waals surface area contributed by atoms with E-state index in [0.717, 1.165) is 36.1 Å². The Labute approximate surface area is 197 Å². The highest BCUT2D eigenvalue weighted by Gasteiger charge is 2.24. The molecule has 0 saturated carbocycles. The first kappa shape index (κ1) is 22.0. The van der Waals surface area contributed by atoms with E-state index in [1.165, 1.54) is 12.1 Å². The van der Waals surface area contributed by atoms with Gasteiger partial charge in [0, 0.05) is 18.4 Å². The number of hydrogen-bond acceptors (Lipinski definition) is 4.